The van der Waals surface area contributed by atoms with Gasteiger partial charge in [-0.25, -0.2) is 4.98 Å². The van der Waals surface area contributed by atoms with E-state index < -0.39 is 0 Å². The maximum Gasteiger partial charge on any atom is 0.266 e. The van der Waals surface area contributed by atoms with Crippen LogP contribution in [0.25, 0.3) is 28.2 Å². The fourth-order valence-corrected chi connectivity index (χ4v) is 4.25. The summed E-state index contributed by atoms with van der Waals surface area (Å²) in [7, 11) is 1.60. The summed E-state index contributed by atoms with van der Waals surface area (Å²) >= 11 is 0. The molecule has 3 aromatic carbocycles. The molecule has 4 aromatic rings. The van der Waals surface area contributed by atoms with Gasteiger partial charge in [0.1, 0.15) is 11.6 Å². The molecule has 6 heteroatoms. The van der Waals surface area contributed by atoms with Gasteiger partial charge in [0.15, 0.2) is 0 Å². The van der Waals surface area contributed by atoms with Gasteiger partial charge in [-0.2, -0.15) is 0 Å². The van der Waals surface area contributed by atoms with Crippen molar-refractivity contribution < 1.29 is 9.53 Å². The Bertz CT molecular complexity index is 1450. The van der Waals surface area contributed by atoms with Gasteiger partial charge in [-0.05, 0) is 55.0 Å². The number of amides is 1. The van der Waals surface area contributed by atoms with Crippen LogP contribution in [0.5, 0.6) is 5.75 Å². The SMILES string of the molecule is CCCN1C(=O)C(=Cc2nc3ccccc3c(=O)n2-c2ccc(OC)cc2)c2ccccc21. The molecule has 0 fully saturated rings. The van der Waals surface area contributed by atoms with Crippen LogP contribution in [-0.4, -0.2) is 29.1 Å². The highest BCUT2D eigenvalue weighted by molar-refractivity contribution is 6.35. The van der Waals surface area contributed by atoms with Crippen molar-refractivity contribution in [3.8, 4) is 11.4 Å². The molecule has 5 rings (SSSR count). The number of aromatic nitrogens is 2. The first-order valence-electron chi connectivity index (χ1n) is 10.9. The fourth-order valence-electron chi connectivity index (χ4n) is 4.25. The Kier molecular flexibility index (Phi) is 5.26. The molecule has 0 saturated heterocycles. The van der Waals surface area contributed by atoms with Crippen molar-refractivity contribution in [1.29, 1.82) is 0 Å². The third-order valence-corrected chi connectivity index (χ3v) is 5.81. The standard InChI is InChI=1S/C27H23N3O3/c1-3-16-29-24-11-7-5-8-20(24)22(26(29)31)17-25-28-23-10-6-4-9-21(23)27(32)30(25)18-12-14-19(33-2)15-13-18/h4-15,17H,3,16H2,1-2H3. The minimum Gasteiger partial charge on any atom is -0.497 e. The third kappa shape index (κ3) is 3.49. The third-order valence-electron chi connectivity index (χ3n) is 5.81. The van der Waals surface area contributed by atoms with E-state index in [0.29, 0.717) is 40.3 Å². The molecule has 1 aromatic heterocycles. The number of para-hydroxylation sites is 2. The number of methoxy groups -OCH3 is 1. The number of carbonyl (C=O) groups excluding carboxylic acids is 1. The number of carbonyl (C=O) groups is 1. The average Bonchev–Trinajstić information content (AvgIpc) is 3.11. The second kappa shape index (κ2) is 8.39. The minimum absolute atomic E-state index is 0.0817. The number of benzene rings is 3. The van der Waals surface area contributed by atoms with Crippen molar-refractivity contribution in [2.45, 2.75) is 13.3 Å². The first kappa shape index (κ1) is 20.7. The molecule has 33 heavy (non-hydrogen) atoms. The molecule has 2 heterocycles. The summed E-state index contributed by atoms with van der Waals surface area (Å²) in [4.78, 5) is 33.5. The molecule has 0 saturated carbocycles. The van der Waals surface area contributed by atoms with Crippen molar-refractivity contribution in [2.24, 2.45) is 0 Å². The first-order valence-corrected chi connectivity index (χ1v) is 10.9. The maximum absolute atomic E-state index is 13.5. The molecule has 0 unspecified atom stereocenters. The lowest BCUT2D eigenvalue weighted by molar-refractivity contribution is -0.113. The number of rotatable bonds is 5. The summed E-state index contributed by atoms with van der Waals surface area (Å²) in [6, 6.07) is 22.2. The number of hydrogen-bond donors (Lipinski definition) is 0. The van der Waals surface area contributed by atoms with Crippen molar-refractivity contribution in [2.75, 3.05) is 18.6 Å². The molecule has 0 atom stereocenters. The summed E-state index contributed by atoms with van der Waals surface area (Å²) in [5, 5.41) is 0.515. The summed E-state index contributed by atoms with van der Waals surface area (Å²) in [6.45, 7) is 2.67. The second-order valence-electron chi connectivity index (χ2n) is 7.86. The monoisotopic (exact) mass is 437 g/mol. The fraction of sp³-hybridized carbons (Fsp3) is 0.148. The smallest absolute Gasteiger partial charge is 0.266 e. The van der Waals surface area contributed by atoms with Crippen LogP contribution in [0.2, 0.25) is 0 Å². The average molecular weight is 437 g/mol. The highest BCUT2D eigenvalue weighted by Crippen LogP contribution is 2.37. The molecule has 1 aliphatic heterocycles. The van der Waals surface area contributed by atoms with E-state index in [0.717, 1.165) is 17.7 Å². The Balaban J connectivity index is 1.77. The number of ether oxygens (including phenoxy) is 1. The van der Waals surface area contributed by atoms with E-state index in [9.17, 15) is 9.59 Å². The van der Waals surface area contributed by atoms with Crippen LogP contribution < -0.4 is 15.2 Å². The van der Waals surface area contributed by atoms with Crippen LogP contribution in [0, 0.1) is 0 Å². The Morgan fingerprint density at radius 2 is 1.67 bits per heavy atom. The molecule has 164 valence electrons. The quantitative estimate of drug-likeness (QED) is 0.425. The molecule has 1 amide bonds. The highest BCUT2D eigenvalue weighted by Gasteiger charge is 2.31. The molecule has 0 spiro atoms. The van der Waals surface area contributed by atoms with Gasteiger partial charge >= 0.3 is 0 Å². The lowest BCUT2D eigenvalue weighted by atomic mass is 10.1. The molecular formula is C27H23N3O3. The Morgan fingerprint density at radius 3 is 2.42 bits per heavy atom. The molecular weight excluding hydrogens is 414 g/mol. The van der Waals surface area contributed by atoms with Crippen LogP contribution in [-0.2, 0) is 4.79 Å². The van der Waals surface area contributed by atoms with Gasteiger partial charge in [0.2, 0.25) is 0 Å². The van der Waals surface area contributed by atoms with E-state index in [1.807, 2.05) is 61.5 Å². The predicted octanol–water partition coefficient (Wildman–Crippen LogP) is 4.69. The summed E-state index contributed by atoms with van der Waals surface area (Å²) < 4.78 is 6.81. The maximum atomic E-state index is 13.5. The Labute approximate surface area is 191 Å². The lowest BCUT2D eigenvalue weighted by Gasteiger charge is -2.15. The van der Waals surface area contributed by atoms with E-state index in [2.05, 4.69) is 0 Å². The molecule has 0 radical (unpaired) electrons. The van der Waals surface area contributed by atoms with E-state index >= 15 is 0 Å². The van der Waals surface area contributed by atoms with Gasteiger partial charge in [-0.3, -0.25) is 14.2 Å². The number of fused-ring (bicyclic) bond motifs is 2. The normalized spacial score (nSPS) is 14.2. The first-order chi connectivity index (χ1) is 16.1. The van der Waals surface area contributed by atoms with E-state index in [1.54, 1.807) is 40.9 Å². The topological polar surface area (TPSA) is 64.4 Å². The number of anilines is 1. The zero-order valence-corrected chi connectivity index (χ0v) is 18.5. The Hall–Kier alpha value is -4.19. The second-order valence-corrected chi connectivity index (χ2v) is 7.86. The van der Waals surface area contributed by atoms with Gasteiger partial charge in [0.05, 0.1) is 35.0 Å². The van der Waals surface area contributed by atoms with Crippen molar-refractivity contribution in [3.63, 3.8) is 0 Å². The van der Waals surface area contributed by atoms with E-state index in [1.165, 1.54) is 0 Å². The zero-order chi connectivity index (χ0) is 22.9. The van der Waals surface area contributed by atoms with Gasteiger partial charge in [-0.1, -0.05) is 37.3 Å². The van der Waals surface area contributed by atoms with E-state index in [4.69, 9.17) is 9.72 Å². The van der Waals surface area contributed by atoms with E-state index in [-0.39, 0.29) is 11.5 Å². The molecule has 6 nitrogen and oxygen atoms in total. The van der Waals surface area contributed by atoms with Crippen LogP contribution in [0.1, 0.15) is 24.7 Å². The number of nitrogens with zero attached hydrogens (tertiary/aromatic N) is 3. The molecule has 1 aliphatic rings. The Morgan fingerprint density at radius 1 is 0.939 bits per heavy atom. The summed E-state index contributed by atoms with van der Waals surface area (Å²) in [5.74, 6) is 1.01. The van der Waals surface area contributed by atoms with Crippen LogP contribution >= 0.6 is 0 Å². The summed E-state index contributed by atoms with van der Waals surface area (Å²) in [6.07, 6.45) is 2.58. The largest absolute Gasteiger partial charge is 0.497 e. The van der Waals surface area contributed by atoms with Gasteiger partial charge < -0.3 is 9.64 Å². The molecule has 0 aliphatic carbocycles. The van der Waals surface area contributed by atoms with Crippen molar-refractivity contribution in [3.05, 3.63) is 94.5 Å². The van der Waals surface area contributed by atoms with Crippen molar-refractivity contribution in [1.82, 2.24) is 9.55 Å². The van der Waals surface area contributed by atoms with Gasteiger partial charge in [0.25, 0.3) is 11.5 Å². The highest BCUT2D eigenvalue weighted by atomic mass is 16.5. The minimum atomic E-state index is -0.193. The number of hydrogen-bond acceptors (Lipinski definition) is 4. The van der Waals surface area contributed by atoms with Crippen LogP contribution in [0.15, 0.2) is 77.6 Å². The van der Waals surface area contributed by atoms with Gasteiger partial charge in [0, 0.05) is 12.1 Å². The van der Waals surface area contributed by atoms with Crippen LogP contribution in [0.4, 0.5) is 5.69 Å². The molecule has 0 N–H and O–H groups in total. The predicted molar refractivity (Wildman–Crippen MR) is 131 cm³/mol. The zero-order valence-electron chi connectivity index (χ0n) is 18.5. The van der Waals surface area contributed by atoms with Gasteiger partial charge in [-0.15, -0.1) is 0 Å². The molecule has 0 bridgehead atoms. The van der Waals surface area contributed by atoms with Crippen LogP contribution in [0.3, 0.4) is 0 Å². The summed E-state index contributed by atoms with van der Waals surface area (Å²) in [5.41, 5.74) is 3.30. The lowest BCUT2D eigenvalue weighted by Crippen LogP contribution is -2.27. The van der Waals surface area contributed by atoms with Crippen molar-refractivity contribution >= 4 is 34.1 Å².